The van der Waals surface area contributed by atoms with Crippen molar-refractivity contribution in [3.05, 3.63) is 143 Å². The van der Waals surface area contributed by atoms with Crippen LogP contribution in [0.15, 0.2) is 121 Å². The average molecular weight is 556 g/mol. The van der Waals surface area contributed by atoms with Gasteiger partial charge in [-0.25, -0.2) is 0 Å². The van der Waals surface area contributed by atoms with Gasteiger partial charge in [-0.15, -0.1) is 0 Å². The molecule has 43 heavy (non-hydrogen) atoms. The normalized spacial score (nSPS) is 16.7. The topological polar surface area (TPSA) is 23.4 Å². The van der Waals surface area contributed by atoms with Gasteiger partial charge >= 0.3 is 0 Å². The van der Waals surface area contributed by atoms with Crippen molar-refractivity contribution in [3.8, 4) is 28.7 Å². The molecule has 0 N–H and O–H groups in total. The highest BCUT2D eigenvalue weighted by atomic mass is 16.6. The quantitative estimate of drug-likeness (QED) is 0.217. The maximum absolute atomic E-state index is 6.38. The van der Waals surface area contributed by atoms with Crippen molar-refractivity contribution in [1.29, 1.82) is 0 Å². The predicted octanol–water partition coefficient (Wildman–Crippen LogP) is 9.16. The van der Waals surface area contributed by atoms with E-state index >= 15 is 0 Å². The zero-order valence-electron chi connectivity index (χ0n) is 23.7. The number of allylic oxidation sites excluding steroid dienone is 4. The molecule has 5 aromatic carbocycles. The van der Waals surface area contributed by atoms with Crippen LogP contribution in [0.5, 0.6) is 23.0 Å². The summed E-state index contributed by atoms with van der Waals surface area (Å²) < 4.78 is 15.1. The highest BCUT2D eigenvalue weighted by molar-refractivity contribution is 5.88. The molecule has 0 fully saturated rings. The summed E-state index contributed by atoms with van der Waals surface area (Å²) in [6.45, 7) is 0. The number of ether oxygens (including phenoxy) is 2. The van der Waals surface area contributed by atoms with Crippen molar-refractivity contribution in [3.63, 3.8) is 0 Å². The van der Waals surface area contributed by atoms with E-state index in [1.165, 1.54) is 38.3 Å². The molecule has 1 aliphatic heterocycles. The van der Waals surface area contributed by atoms with E-state index in [2.05, 4.69) is 120 Å². The van der Waals surface area contributed by atoms with Crippen LogP contribution in [-0.4, -0.2) is 4.57 Å². The van der Waals surface area contributed by atoms with Crippen LogP contribution < -0.4 is 20.0 Å². The lowest BCUT2D eigenvalue weighted by Crippen LogP contribution is -2.30. The molecule has 3 aliphatic rings. The van der Waals surface area contributed by atoms with Crippen molar-refractivity contribution in [2.45, 2.75) is 25.2 Å². The molecule has 0 saturated heterocycles. The minimum absolute atomic E-state index is 0.299. The van der Waals surface area contributed by atoms with Crippen LogP contribution in [0.2, 0.25) is 0 Å². The molecular weight excluding hydrogens is 526 g/mol. The lowest BCUT2D eigenvalue weighted by atomic mass is 9.87. The van der Waals surface area contributed by atoms with E-state index in [0.29, 0.717) is 5.92 Å². The number of hydrogen-bond acceptors (Lipinski definition) is 2. The molecule has 9 rings (SSSR count). The van der Waals surface area contributed by atoms with Gasteiger partial charge in [0.2, 0.25) is 0 Å². The Labute approximate surface area is 249 Å². The molecule has 6 aromatic rings. The standard InChI is InChI=1S/C40H29NO2/c1-2-13-32(14-3-1)41-35-16-7-6-15-33(35)34-22-30(17-19-36(34)41)26-11-8-12-27(21-26)31-18-20-37-38(25-31)43-40-24-29-10-5-4-9-28(29)23-39(40)42-37/h1-5,8-10,12-26H,6-7,11H2. The number of fused-ring (bicyclic) bond motifs is 6. The van der Waals surface area contributed by atoms with Crippen LogP contribution in [0.1, 0.15) is 36.3 Å². The monoisotopic (exact) mass is 555 g/mol. The number of benzene rings is 5. The summed E-state index contributed by atoms with van der Waals surface area (Å²) in [7, 11) is 0. The molecule has 0 saturated carbocycles. The molecule has 2 heterocycles. The molecule has 0 bridgehead atoms. The lowest BCUT2D eigenvalue weighted by Gasteiger charge is -2.23. The Morgan fingerprint density at radius 3 is 2.23 bits per heavy atom. The molecule has 1 aromatic heterocycles. The number of rotatable bonds is 3. The van der Waals surface area contributed by atoms with Gasteiger partial charge in [0.1, 0.15) is 0 Å². The Morgan fingerprint density at radius 2 is 1.40 bits per heavy atom. The third-order valence-corrected chi connectivity index (χ3v) is 8.96. The lowest BCUT2D eigenvalue weighted by molar-refractivity contribution is 0.360. The molecule has 0 radical (unpaired) electrons. The van der Waals surface area contributed by atoms with Crippen LogP contribution >= 0.6 is 0 Å². The fourth-order valence-electron chi connectivity index (χ4n) is 6.86. The van der Waals surface area contributed by atoms with Crippen LogP contribution in [-0.2, 0) is 0 Å². The first-order chi connectivity index (χ1) is 21.3. The van der Waals surface area contributed by atoms with Crippen LogP contribution in [0.4, 0.5) is 0 Å². The third kappa shape index (κ3) is 4.04. The van der Waals surface area contributed by atoms with Gasteiger partial charge in [-0.3, -0.25) is 0 Å². The fraction of sp³-hybridized carbons (Fsp3) is 0.100. The zero-order chi connectivity index (χ0) is 28.3. The van der Waals surface area contributed by atoms with Gasteiger partial charge in [0, 0.05) is 27.6 Å². The minimum atomic E-state index is 0.299. The molecule has 0 spiro atoms. The number of aromatic nitrogens is 1. The second kappa shape index (κ2) is 9.64. The van der Waals surface area contributed by atoms with Gasteiger partial charge < -0.3 is 14.0 Å². The molecule has 1 unspecified atom stereocenters. The van der Waals surface area contributed by atoms with E-state index in [-0.39, 0.29) is 0 Å². The van der Waals surface area contributed by atoms with Gasteiger partial charge in [-0.1, -0.05) is 85.0 Å². The second-order valence-corrected chi connectivity index (χ2v) is 11.6. The molecule has 206 valence electrons. The van der Waals surface area contributed by atoms with Gasteiger partial charge in [0.05, 0.1) is 5.52 Å². The van der Waals surface area contributed by atoms with Crippen molar-refractivity contribution >= 4 is 39.4 Å². The highest BCUT2D eigenvalue weighted by Gasteiger charge is 2.22. The Kier molecular flexibility index (Phi) is 5.45. The van der Waals surface area contributed by atoms with E-state index in [1.807, 2.05) is 18.2 Å². The average Bonchev–Trinajstić information content (AvgIpc) is 3.40. The predicted molar refractivity (Wildman–Crippen MR) is 176 cm³/mol. The zero-order valence-corrected chi connectivity index (χ0v) is 23.7. The molecule has 1 atom stereocenters. The van der Waals surface area contributed by atoms with Gasteiger partial charge in [-0.05, 0) is 95.3 Å². The van der Waals surface area contributed by atoms with E-state index in [0.717, 1.165) is 58.6 Å². The van der Waals surface area contributed by atoms with E-state index < -0.39 is 0 Å². The molecule has 3 nitrogen and oxygen atoms in total. The summed E-state index contributed by atoms with van der Waals surface area (Å²) in [5.74, 6) is 3.30. The van der Waals surface area contributed by atoms with Gasteiger partial charge in [-0.2, -0.15) is 0 Å². The Morgan fingerprint density at radius 1 is 0.651 bits per heavy atom. The fourth-order valence-corrected chi connectivity index (χ4v) is 6.86. The van der Waals surface area contributed by atoms with Crippen LogP contribution in [0, 0.1) is 0 Å². The molecule has 3 heteroatoms. The second-order valence-electron chi connectivity index (χ2n) is 11.6. The van der Waals surface area contributed by atoms with E-state index in [4.69, 9.17) is 9.47 Å². The summed E-state index contributed by atoms with van der Waals surface area (Å²) in [4.78, 5) is 0. The molecular formula is C40H29NO2. The van der Waals surface area contributed by atoms with Gasteiger partial charge in [0.15, 0.2) is 23.0 Å². The van der Waals surface area contributed by atoms with Crippen LogP contribution in [0.3, 0.4) is 0 Å². The Bertz CT molecular complexity index is 2270. The summed E-state index contributed by atoms with van der Waals surface area (Å²) in [5, 5.41) is 6.29. The Hall–Kier alpha value is -5.28. The van der Waals surface area contributed by atoms with Gasteiger partial charge in [0.25, 0.3) is 0 Å². The molecule has 0 amide bonds. The first-order valence-corrected chi connectivity index (χ1v) is 15.1. The summed E-state index contributed by atoms with van der Waals surface area (Å²) in [5.41, 5.74) is 6.16. The first-order valence-electron chi connectivity index (χ1n) is 15.1. The summed E-state index contributed by atoms with van der Waals surface area (Å²) >= 11 is 0. The van der Waals surface area contributed by atoms with Crippen LogP contribution in [0.25, 0.3) is 45.1 Å². The van der Waals surface area contributed by atoms with E-state index in [9.17, 15) is 0 Å². The largest absolute Gasteiger partial charge is 0.449 e. The summed E-state index contributed by atoms with van der Waals surface area (Å²) in [6.07, 6.45) is 14.9. The highest BCUT2D eigenvalue weighted by Crippen LogP contribution is 2.48. The maximum atomic E-state index is 6.38. The van der Waals surface area contributed by atoms with Crippen molar-refractivity contribution in [1.82, 2.24) is 4.57 Å². The first kappa shape index (κ1) is 24.3. The van der Waals surface area contributed by atoms with E-state index in [1.54, 1.807) is 0 Å². The molecule has 2 aliphatic carbocycles. The number of para-hydroxylation sites is 1. The van der Waals surface area contributed by atoms with Crippen molar-refractivity contribution in [2.75, 3.05) is 0 Å². The minimum Gasteiger partial charge on any atom is -0.449 e. The summed E-state index contributed by atoms with van der Waals surface area (Å²) in [6, 6.07) is 36.4. The Balaban J connectivity index is 1.08. The maximum Gasteiger partial charge on any atom is 0.170 e. The van der Waals surface area contributed by atoms with Crippen molar-refractivity contribution in [2.24, 2.45) is 0 Å². The SMILES string of the molecule is C1=CC(c2ccc3c(c2)Oc2cc4ccccc4cc2O3)=CC(c2ccc3c(c2)c2c(n3-c3ccccc3)=CCCC=2)C1. The number of nitrogens with zero attached hydrogens (tertiary/aromatic N) is 1. The third-order valence-electron chi connectivity index (χ3n) is 8.96. The number of hydrogen-bond donors (Lipinski definition) is 0. The smallest absolute Gasteiger partial charge is 0.170 e. The van der Waals surface area contributed by atoms with Crippen molar-refractivity contribution < 1.29 is 9.47 Å².